The van der Waals surface area contributed by atoms with E-state index in [1.54, 1.807) is 0 Å². The highest BCUT2D eigenvalue weighted by Crippen LogP contribution is 2.18. The molecule has 0 atom stereocenters. The second-order valence-corrected chi connectivity index (χ2v) is 5.32. The number of hydrogen-bond acceptors (Lipinski definition) is 2. The maximum Gasteiger partial charge on any atom is 0.226 e. The van der Waals surface area contributed by atoms with E-state index < -0.39 is 0 Å². The first-order valence-corrected chi connectivity index (χ1v) is 7.18. The van der Waals surface area contributed by atoms with E-state index in [-0.39, 0.29) is 5.91 Å². The van der Waals surface area contributed by atoms with Crippen LogP contribution in [0.3, 0.4) is 0 Å². The van der Waals surface area contributed by atoms with E-state index >= 15 is 0 Å². The number of carbonyl (C=O) groups is 1. The highest BCUT2D eigenvalue weighted by molar-refractivity contribution is 5.78. The fraction of sp³-hybridized carbons (Fsp3) is 0.562. The summed E-state index contributed by atoms with van der Waals surface area (Å²) in [5.74, 6) is 1.87. The molecule has 0 aromatic heterocycles. The number of nitrogens with zero attached hydrogens (tertiary/aromatic N) is 1. The van der Waals surface area contributed by atoms with Gasteiger partial charge in [-0.05, 0) is 43.4 Å². The van der Waals surface area contributed by atoms with Gasteiger partial charge in [0.1, 0.15) is 5.75 Å². The van der Waals surface area contributed by atoms with E-state index in [9.17, 15) is 4.79 Å². The second-order valence-electron chi connectivity index (χ2n) is 5.32. The van der Waals surface area contributed by atoms with Crippen molar-refractivity contribution < 1.29 is 9.53 Å². The van der Waals surface area contributed by atoms with Crippen LogP contribution in [0.5, 0.6) is 5.75 Å². The molecule has 2 rings (SSSR count). The van der Waals surface area contributed by atoms with Crippen LogP contribution in [0.1, 0.15) is 32.3 Å². The van der Waals surface area contributed by atoms with Crippen molar-refractivity contribution >= 4 is 5.91 Å². The van der Waals surface area contributed by atoms with Gasteiger partial charge in [-0.2, -0.15) is 0 Å². The summed E-state index contributed by atoms with van der Waals surface area (Å²) in [7, 11) is 0. The minimum atomic E-state index is 0.246. The summed E-state index contributed by atoms with van der Waals surface area (Å²) in [5, 5.41) is 0. The maximum absolute atomic E-state index is 12.2. The van der Waals surface area contributed by atoms with Crippen molar-refractivity contribution in [3.63, 3.8) is 0 Å². The van der Waals surface area contributed by atoms with Gasteiger partial charge >= 0.3 is 0 Å². The predicted octanol–water partition coefficient (Wildman–Crippen LogP) is 2.89. The number of carbonyl (C=O) groups excluding carboxylic acids is 1. The third-order valence-corrected chi connectivity index (χ3v) is 3.73. The normalized spacial score (nSPS) is 16.4. The maximum atomic E-state index is 12.2. The van der Waals surface area contributed by atoms with E-state index in [0.717, 1.165) is 43.2 Å². The van der Waals surface area contributed by atoms with Gasteiger partial charge in [-0.25, -0.2) is 0 Å². The summed E-state index contributed by atoms with van der Waals surface area (Å²) in [5.41, 5.74) is 1.06. The monoisotopic (exact) mass is 261 g/mol. The van der Waals surface area contributed by atoms with E-state index in [1.165, 1.54) is 0 Å². The summed E-state index contributed by atoms with van der Waals surface area (Å²) in [6.45, 7) is 6.72. The summed E-state index contributed by atoms with van der Waals surface area (Å²) in [4.78, 5) is 14.2. The number of hydrogen-bond donors (Lipinski definition) is 0. The zero-order valence-corrected chi connectivity index (χ0v) is 11.9. The number of rotatable bonds is 4. The van der Waals surface area contributed by atoms with Crippen molar-refractivity contribution in [2.75, 3.05) is 19.7 Å². The van der Waals surface area contributed by atoms with Crippen LogP contribution in [-0.2, 0) is 11.2 Å². The standard InChI is InChI=1S/C16H23NO2/c1-3-19-15-6-4-14(5-7-15)12-16(18)17-10-8-13(2)9-11-17/h4-7,13H,3,8-12H2,1-2H3. The average Bonchev–Trinajstić information content (AvgIpc) is 2.42. The number of likely N-dealkylation sites (tertiary alicyclic amines) is 1. The van der Waals surface area contributed by atoms with E-state index in [4.69, 9.17) is 4.74 Å². The van der Waals surface area contributed by atoms with Crippen molar-refractivity contribution in [3.8, 4) is 5.75 Å². The van der Waals surface area contributed by atoms with E-state index in [2.05, 4.69) is 6.92 Å². The van der Waals surface area contributed by atoms with Crippen LogP contribution in [0.2, 0.25) is 0 Å². The average molecular weight is 261 g/mol. The first-order chi connectivity index (χ1) is 9.19. The van der Waals surface area contributed by atoms with Gasteiger partial charge in [-0.3, -0.25) is 4.79 Å². The molecule has 104 valence electrons. The lowest BCUT2D eigenvalue weighted by Crippen LogP contribution is -2.38. The van der Waals surface area contributed by atoms with Crippen molar-refractivity contribution in [2.24, 2.45) is 5.92 Å². The number of amides is 1. The fourth-order valence-electron chi connectivity index (χ4n) is 2.41. The molecular weight excluding hydrogens is 238 g/mol. The molecular formula is C16H23NO2. The van der Waals surface area contributed by atoms with Gasteiger partial charge in [0.25, 0.3) is 0 Å². The minimum Gasteiger partial charge on any atom is -0.494 e. The third kappa shape index (κ3) is 3.98. The smallest absolute Gasteiger partial charge is 0.226 e. The van der Waals surface area contributed by atoms with Gasteiger partial charge in [0.05, 0.1) is 13.0 Å². The molecule has 0 bridgehead atoms. The summed E-state index contributed by atoms with van der Waals surface area (Å²) in [6.07, 6.45) is 2.77. The molecule has 0 N–H and O–H groups in total. The van der Waals surface area contributed by atoms with Crippen molar-refractivity contribution in [3.05, 3.63) is 29.8 Å². The third-order valence-electron chi connectivity index (χ3n) is 3.73. The van der Waals surface area contributed by atoms with Crippen LogP contribution in [0.25, 0.3) is 0 Å². The van der Waals surface area contributed by atoms with E-state index in [0.29, 0.717) is 13.0 Å². The van der Waals surface area contributed by atoms with Crippen molar-refractivity contribution in [2.45, 2.75) is 33.1 Å². The number of piperidine rings is 1. The first kappa shape index (κ1) is 13.9. The summed E-state index contributed by atoms with van der Waals surface area (Å²) in [6, 6.07) is 7.83. The molecule has 0 unspecified atom stereocenters. The molecule has 19 heavy (non-hydrogen) atoms. The van der Waals surface area contributed by atoms with Crippen LogP contribution < -0.4 is 4.74 Å². The van der Waals surface area contributed by atoms with Crippen LogP contribution >= 0.6 is 0 Å². The fourth-order valence-corrected chi connectivity index (χ4v) is 2.41. The molecule has 0 saturated carbocycles. The molecule has 0 spiro atoms. The minimum absolute atomic E-state index is 0.246. The van der Waals surface area contributed by atoms with Gasteiger partial charge in [0.15, 0.2) is 0 Å². The lowest BCUT2D eigenvalue weighted by atomic mass is 9.98. The van der Waals surface area contributed by atoms with Crippen molar-refractivity contribution in [1.29, 1.82) is 0 Å². The Kier molecular flexibility index (Phi) is 4.83. The first-order valence-electron chi connectivity index (χ1n) is 7.18. The molecule has 1 amide bonds. The molecule has 1 aromatic carbocycles. The zero-order chi connectivity index (χ0) is 13.7. The van der Waals surface area contributed by atoms with Crippen LogP contribution in [0.4, 0.5) is 0 Å². The molecule has 1 aliphatic heterocycles. The molecule has 1 heterocycles. The molecule has 1 fully saturated rings. The zero-order valence-electron chi connectivity index (χ0n) is 11.9. The Morgan fingerprint density at radius 3 is 2.47 bits per heavy atom. The lowest BCUT2D eigenvalue weighted by molar-refractivity contribution is -0.131. The lowest BCUT2D eigenvalue weighted by Gasteiger charge is -2.30. The topological polar surface area (TPSA) is 29.5 Å². The molecule has 3 nitrogen and oxygen atoms in total. The second kappa shape index (κ2) is 6.60. The predicted molar refractivity (Wildman–Crippen MR) is 76.3 cm³/mol. The molecule has 1 aliphatic rings. The summed E-state index contributed by atoms with van der Waals surface area (Å²) < 4.78 is 5.40. The Balaban J connectivity index is 1.88. The Morgan fingerprint density at radius 2 is 1.89 bits per heavy atom. The summed E-state index contributed by atoms with van der Waals surface area (Å²) >= 11 is 0. The highest BCUT2D eigenvalue weighted by atomic mass is 16.5. The Bertz CT molecular complexity index is 405. The quantitative estimate of drug-likeness (QED) is 0.834. The molecule has 0 aliphatic carbocycles. The van der Waals surface area contributed by atoms with Gasteiger partial charge in [-0.15, -0.1) is 0 Å². The van der Waals surface area contributed by atoms with E-state index in [1.807, 2.05) is 36.1 Å². The largest absolute Gasteiger partial charge is 0.494 e. The van der Waals surface area contributed by atoms with Gasteiger partial charge in [0.2, 0.25) is 5.91 Å². The van der Waals surface area contributed by atoms with Gasteiger partial charge in [0, 0.05) is 13.1 Å². The number of benzene rings is 1. The molecule has 1 aromatic rings. The number of ether oxygens (including phenoxy) is 1. The van der Waals surface area contributed by atoms with Crippen LogP contribution in [-0.4, -0.2) is 30.5 Å². The molecule has 0 radical (unpaired) electrons. The van der Waals surface area contributed by atoms with Crippen LogP contribution in [0.15, 0.2) is 24.3 Å². The Morgan fingerprint density at radius 1 is 1.26 bits per heavy atom. The molecule has 1 saturated heterocycles. The van der Waals surface area contributed by atoms with Crippen molar-refractivity contribution in [1.82, 2.24) is 4.90 Å². The van der Waals surface area contributed by atoms with Gasteiger partial charge in [-0.1, -0.05) is 19.1 Å². The van der Waals surface area contributed by atoms with Gasteiger partial charge < -0.3 is 9.64 Å². The highest BCUT2D eigenvalue weighted by Gasteiger charge is 2.20. The Hall–Kier alpha value is -1.51. The Labute approximate surface area is 115 Å². The molecule has 3 heteroatoms. The SMILES string of the molecule is CCOc1ccc(CC(=O)N2CCC(C)CC2)cc1. The van der Waals surface area contributed by atoms with Crippen LogP contribution in [0, 0.1) is 5.92 Å².